The average molecular weight is 373 g/mol. The minimum atomic E-state index is -0.914. The van der Waals surface area contributed by atoms with Gasteiger partial charge in [-0.05, 0) is 25.7 Å². The van der Waals surface area contributed by atoms with E-state index in [0.717, 1.165) is 38.5 Å². The Labute approximate surface area is 164 Å². The van der Waals surface area contributed by atoms with Gasteiger partial charge in [0.05, 0.1) is 5.41 Å². The first-order chi connectivity index (χ1) is 12.5. The van der Waals surface area contributed by atoms with Crippen LogP contribution in [0.1, 0.15) is 105 Å². The molecule has 0 spiro atoms. The van der Waals surface area contributed by atoms with E-state index in [0.29, 0.717) is 0 Å². The Morgan fingerprint density at radius 3 is 1.42 bits per heavy atom. The Bertz CT molecular complexity index is 284. The molecule has 0 aliphatic carbocycles. The van der Waals surface area contributed by atoms with Crippen LogP contribution in [0.3, 0.4) is 0 Å². The second-order valence-corrected chi connectivity index (χ2v) is 7.16. The van der Waals surface area contributed by atoms with Gasteiger partial charge in [-0.1, -0.05) is 85.1 Å². The topological polar surface area (TPSA) is 27.7 Å². The number of methoxy groups -OCH3 is 3. The van der Waals surface area contributed by atoms with Gasteiger partial charge in [0, 0.05) is 21.3 Å². The summed E-state index contributed by atoms with van der Waals surface area (Å²) in [5, 5.41) is 0. The van der Waals surface area contributed by atoms with Gasteiger partial charge in [-0.3, -0.25) is 0 Å². The fourth-order valence-electron chi connectivity index (χ4n) is 3.93. The fraction of sp³-hybridized carbons (Fsp3) is 0.913. The zero-order chi connectivity index (χ0) is 20.3. The van der Waals surface area contributed by atoms with Gasteiger partial charge in [-0.25, -0.2) is 0 Å². The molecule has 0 bridgehead atoms. The van der Waals surface area contributed by atoms with Gasteiger partial charge in [-0.15, -0.1) is 6.58 Å². The molecule has 0 aliphatic rings. The molecular formula is C23H48O3. The zero-order valence-electron chi connectivity index (χ0n) is 19.0. The normalized spacial score (nSPS) is 11.8. The molecule has 26 heavy (non-hydrogen) atoms. The largest absolute Gasteiger partial charge is 0.330 e. The van der Waals surface area contributed by atoms with Crippen molar-refractivity contribution in [3.8, 4) is 0 Å². The molecule has 0 saturated carbocycles. The highest BCUT2D eigenvalue weighted by Crippen LogP contribution is 2.48. The van der Waals surface area contributed by atoms with Crippen LogP contribution in [-0.2, 0) is 14.2 Å². The molecule has 0 aliphatic heterocycles. The van der Waals surface area contributed by atoms with Crippen molar-refractivity contribution in [1.82, 2.24) is 0 Å². The zero-order valence-corrected chi connectivity index (χ0v) is 19.0. The van der Waals surface area contributed by atoms with Crippen molar-refractivity contribution in [2.45, 2.75) is 111 Å². The van der Waals surface area contributed by atoms with Crippen molar-refractivity contribution in [1.29, 1.82) is 0 Å². The summed E-state index contributed by atoms with van der Waals surface area (Å²) in [7, 11) is 5.11. The third-order valence-electron chi connectivity index (χ3n) is 5.21. The smallest absolute Gasteiger partial charge is 0.288 e. The second-order valence-electron chi connectivity index (χ2n) is 7.16. The van der Waals surface area contributed by atoms with Crippen molar-refractivity contribution in [2.24, 2.45) is 5.41 Å². The molecule has 0 aromatic carbocycles. The molecule has 3 nitrogen and oxygen atoms in total. The summed E-state index contributed by atoms with van der Waals surface area (Å²) in [6.45, 7) is 12.3. The predicted octanol–water partition coefficient (Wildman–Crippen LogP) is 7.50. The number of unbranched alkanes of at least 4 members (excludes halogenated alkanes) is 5. The van der Waals surface area contributed by atoms with E-state index < -0.39 is 5.97 Å². The monoisotopic (exact) mass is 372 g/mol. The molecular weight excluding hydrogens is 324 g/mol. The van der Waals surface area contributed by atoms with Gasteiger partial charge in [0.15, 0.2) is 0 Å². The molecule has 0 atom stereocenters. The summed E-state index contributed by atoms with van der Waals surface area (Å²) in [6, 6.07) is 0. The van der Waals surface area contributed by atoms with E-state index >= 15 is 0 Å². The van der Waals surface area contributed by atoms with Crippen molar-refractivity contribution in [3.63, 3.8) is 0 Å². The molecule has 0 aromatic heterocycles. The summed E-state index contributed by atoms with van der Waals surface area (Å²) in [5.74, 6) is -0.914. The van der Waals surface area contributed by atoms with Gasteiger partial charge >= 0.3 is 0 Å². The van der Waals surface area contributed by atoms with Gasteiger partial charge in [0.1, 0.15) is 0 Å². The van der Waals surface area contributed by atoms with Crippen LogP contribution in [0.2, 0.25) is 0 Å². The first-order valence-electron chi connectivity index (χ1n) is 10.8. The van der Waals surface area contributed by atoms with E-state index in [-0.39, 0.29) is 5.41 Å². The minimum Gasteiger partial charge on any atom is -0.330 e. The fourth-order valence-corrected chi connectivity index (χ4v) is 3.93. The molecule has 0 N–H and O–H groups in total. The summed E-state index contributed by atoms with van der Waals surface area (Å²) >= 11 is 0. The number of hydrogen-bond donors (Lipinski definition) is 0. The number of hydrogen-bond acceptors (Lipinski definition) is 3. The highest BCUT2D eigenvalue weighted by molar-refractivity contribution is 4.88. The average Bonchev–Trinajstić information content (AvgIpc) is 2.67. The molecule has 3 heteroatoms. The van der Waals surface area contributed by atoms with E-state index in [2.05, 4.69) is 34.3 Å². The molecule has 0 fully saturated rings. The summed E-state index contributed by atoms with van der Waals surface area (Å²) in [6.07, 6.45) is 16.3. The lowest BCUT2D eigenvalue weighted by Gasteiger charge is -2.47. The van der Waals surface area contributed by atoms with E-state index in [9.17, 15) is 0 Å². The summed E-state index contributed by atoms with van der Waals surface area (Å²) < 4.78 is 17.3. The molecule has 158 valence electrons. The maximum absolute atomic E-state index is 5.76. The van der Waals surface area contributed by atoms with Crippen LogP contribution in [0.15, 0.2) is 12.7 Å². The van der Waals surface area contributed by atoms with Gasteiger partial charge in [0.2, 0.25) is 0 Å². The summed E-state index contributed by atoms with van der Waals surface area (Å²) in [4.78, 5) is 0. The molecule has 0 radical (unpaired) electrons. The Balaban J connectivity index is 0. The van der Waals surface area contributed by atoms with E-state index in [4.69, 9.17) is 14.2 Å². The van der Waals surface area contributed by atoms with Crippen LogP contribution in [0, 0.1) is 5.41 Å². The standard InChI is InChI=1S/C19H40O3.C4H8/c1-7-10-11-12-13-14-17-18(15-8-2,16-9-3)19(20-4,21-5)22-6;1-3-4-2/h7-17H2,1-6H3;3H,1,4H2,2H3. The summed E-state index contributed by atoms with van der Waals surface area (Å²) in [5.41, 5.74) is -0.0560. The van der Waals surface area contributed by atoms with Gasteiger partial charge < -0.3 is 14.2 Å². The molecule has 0 heterocycles. The lowest BCUT2D eigenvalue weighted by Crippen LogP contribution is -2.53. The number of ether oxygens (including phenoxy) is 3. The molecule has 0 aromatic rings. The molecule has 0 unspecified atom stereocenters. The van der Waals surface area contributed by atoms with Crippen LogP contribution >= 0.6 is 0 Å². The first kappa shape index (κ1) is 27.8. The van der Waals surface area contributed by atoms with E-state index in [1.54, 1.807) is 21.3 Å². The van der Waals surface area contributed by atoms with Crippen molar-refractivity contribution >= 4 is 0 Å². The quantitative estimate of drug-likeness (QED) is 0.159. The van der Waals surface area contributed by atoms with Gasteiger partial charge in [0.25, 0.3) is 5.97 Å². The van der Waals surface area contributed by atoms with Crippen molar-refractivity contribution in [2.75, 3.05) is 21.3 Å². The van der Waals surface area contributed by atoms with Crippen LogP contribution < -0.4 is 0 Å². The number of allylic oxidation sites excluding steroid dienone is 1. The minimum absolute atomic E-state index is 0.0560. The maximum Gasteiger partial charge on any atom is 0.288 e. The van der Waals surface area contributed by atoms with Crippen molar-refractivity contribution < 1.29 is 14.2 Å². The van der Waals surface area contributed by atoms with Crippen LogP contribution in [0.5, 0.6) is 0 Å². The van der Waals surface area contributed by atoms with Crippen LogP contribution in [0.25, 0.3) is 0 Å². The van der Waals surface area contributed by atoms with Crippen LogP contribution in [-0.4, -0.2) is 27.3 Å². The lowest BCUT2D eigenvalue weighted by atomic mass is 9.72. The third kappa shape index (κ3) is 9.53. The Morgan fingerprint density at radius 1 is 0.654 bits per heavy atom. The Hall–Kier alpha value is -0.380. The Kier molecular flexibility index (Phi) is 19.3. The highest BCUT2D eigenvalue weighted by atomic mass is 16.9. The first-order valence-corrected chi connectivity index (χ1v) is 10.8. The second kappa shape index (κ2) is 18.0. The molecule has 0 saturated heterocycles. The third-order valence-corrected chi connectivity index (χ3v) is 5.21. The van der Waals surface area contributed by atoms with Crippen LogP contribution in [0.4, 0.5) is 0 Å². The molecule has 0 amide bonds. The SMILES string of the molecule is C=CCC.CCCCCCCCC(CCC)(CCC)C(OC)(OC)OC. The maximum atomic E-state index is 5.76. The number of rotatable bonds is 16. The van der Waals surface area contributed by atoms with E-state index in [1.807, 2.05) is 6.08 Å². The highest BCUT2D eigenvalue weighted by Gasteiger charge is 2.52. The Morgan fingerprint density at radius 2 is 1.08 bits per heavy atom. The van der Waals surface area contributed by atoms with E-state index in [1.165, 1.54) is 38.5 Å². The van der Waals surface area contributed by atoms with Gasteiger partial charge in [-0.2, -0.15) is 0 Å². The predicted molar refractivity (Wildman–Crippen MR) is 114 cm³/mol. The van der Waals surface area contributed by atoms with Crippen molar-refractivity contribution in [3.05, 3.63) is 12.7 Å². The molecule has 0 rings (SSSR count). The lowest BCUT2D eigenvalue weighted by molar-refractivity contribution is -0.411.